The van der Waals surface area contributed by atoms with Gasteiger partial charge in [0.2, 0.25) is 5.91 Å². The zero-order valence-electron chi connectivity index (χ0n) is 20.7. The third-order valence-corrected chi connectivity index (χ3v) is 8.21. The Bertz CT molecular complexity index is 915. The second-order valence-electron chi connectivity index (χ2n) is 10.3. The first-order valence-corrected chi connectivity index (χ1v) is 13.3. The molecule has 1 aliphatic rings. The number of nitrogens with one attached hydrogen (secondary N) is 2. The number of sulfone groups is 1. The predicted molar refractivity (Wildman–Crippen MR) is 128 cm³/mol. The van der Waals surface area contributed by atoms with E-state index in [0.717, 1.165) is 11.1 Å². The fraction of sp³-hybridized carbons (Fsp3) is 0.708. The average molecular weight is 485 g/mol. The summed E-state index contributed by atoms with van der Waals surface area (Å²) in [4.78, 5) is 13.1. The van der Waals surface area contributed by atoms with Crippen LogP contribution in [-0.4, -0.2) is 57.0 Å². The number of amides is 1. The normalized spacial score (nSPS) is 20.4. The van der Waals surface area contributed by atoms with Gasteiger partial charge in [0.1, 0.15) is 6.10 Å². The van der Waals surface area contributed by atoms with Crippen molar-refractivity contribution in [3.8, 4) is 0 Å². The lowest BCUT2D eigenvalue weighted by molar-refractivity contribution is -0.139. The van der Waals surface area contributed by atoms with Crippen LogP contribution in [-0.2, 0) is 29.5 Å². The van der Waals surface area contributed by atoms with Crippen molar-refractivity contribution in [2.45, 2.75) is 71.2 Å². The highest BCUT2D eigenvalue weighted by Gasteiger charge is 2.38. The van der Waals surface area contributed by atoms with E-state index < -0.39 is 26.5 Å². The highest BCUT2D eigenvalue weighted by Crippen LogP contribution is 2.37. The molecule has 0 aliphatic carbocycles. The number of benzene rings is 1. The van der Waals surface area contributed by atoms with E-state index in [2.05, 4.69) is 10.9 Å². The molecule has 1 saturated heterocycles. The van der Waals surface area contributed by atoms with E-state index in [-0.39, 0.29) is 30.1 Å². The highest BCUT2D eigenvalue weighted by molar-refractivity contribution is 7.91. The zero-order valence-corrected chi connectivity index (χ0v) is 21.5. The summed E-state index contributed by atoms with van der Waals surface area (Å²) in [7, 11) is -1.67. The second kappa shape index (κ2) is 10.8. The number of carbonyl (C=O) groups excluding carboxylic acids is 1. The van der Waals surface area contributed by atoms with Crippen LogP contribution >= 0.6 is 0 Å². The fourth-order valence-electron chi connectivity index (χ4n) is 4.37. The van der Waals surface area contributed by atoms with Crippen molar-refractivity contribution < 1.29 is 27.8 Å². The Kier molecular flexibility index (Phi) is 9.09. The molecule has 2 rings (SSSR count). The number of ether oxygens (including phenoxy) is 2. The lowest BCUT2D eigenvalue weighted by Gasteiger charge is -2.31. The SMILES string of the molecule is CNNC(=O)[C@](C)(CCCC(C)(C)CS(=O)(=O)CCO)c1cccc([C@@H]2COC(C)(C)O2)c1. The summed E-state index contributed by atoms with van der Waals surface area (Å²) in [5.74, 6) is -1.02. The van der Waals surface area contributed by atoms with Gasteiger partial charge in [0, 0.05) is 7.05 Å². The molecule has 0 unspecified atom stereocenters. The number of aliphatic hydroxyl groups excluding tert-OH is 1. The molecule has 188 valence electrons. The van der Waals surface area contributed by atoms with Crippen LogP contribution in [0.1, 0.15) is 71.1 Å². The molecule has 1 aromatic carbocycles. The smallest absolute Gasteiger partial charge is 0.244 e. The van der Waals surface area contributed by atoms with E-state index in [4.69, 9.17) is 14.6 Å². The van der Waals surface area contributed by atoms with Crippen LogP contribution in [0, 0.1) is 5.41 Å². The van der Waals surface area contributed by atoms with Crippen LogP contribution in [0.3, 0.4) is 0 Å². The summed E-state index contributed by atoms with van der Waals surface area (Å²) in [6.45, 7) is 9.56. The minimum absolute atomic E-state index is 0.00424. The standard InChI is InChI=1S/C24H40N2O6S/c1-22(2,17-33(29,30)14-13-27)11-8-12-24(5,21(28)26-25-6)19-10-7-9-18(15-19)20-16-31-23(3,4)32-20/h7,9-10,15,20,25,27H,8,11-14,16-17H2,1-6H3,(H,26,28)/t20-,24+/m0/s1. The number of carbonyl (C=O) groups is 1. The van der Waals surface area contributed by atoms with Crippen molar-refractivity contribution in [2.75, 3.05) is 31.8 Å². The number of aliphatic hydroxyl groups is 1. The van der Waals surface area contributed by atoms with Gasteiger partial charge >= 0.3 is 0 Å². The van der Waals surface area contributed by atoms with Crippen LogP contribution in [0.15, 0.2) is 24.3 Å². The molecule has 1 aromatic rings. The van der Waals surface area contributed by atoms with Gasteiger partial charge < -0.3 is 14.6 Å². The Morgan fingerprint density at radius 1 is 1.24 bits per heavy atom. The maximum absolute atomic E-state index is 13.1. The van der Waals surface area contributed by atoms with Gasteiger partial charge in [-0.1, -0.05) is 44.5 Å². The van der Waals surface area contributed by atoms with Crippen LogP contribution in [0.2, 0.25) is 0 Å². The van der Waals surface area contributed by atoms with Crippen molar-refractivity contribution in [3.63, 3.8) is 0 Å². The Morgan fingerprint density at radius 3 is 2.52 bits per heavy atom. The van der Waals surface area contributed by atoms with Gasteiger partial charge in [-0.05, 0) is 50.2 Å². The van der Waals surface area contributed by atoms with Gasteiger partial charge in [-0.3, -0.25) is 10.2 Å². The summed E-state index contributed by atoms with van der Waals surface area (Å²) in [6, 6.07) is 7.85. The van der Waals surface area contributed by atoms with Crippen molar-refractivity contribution in [1.82, 2.24) is 10.9 Å². The topological polar surface area (TPSA) is 114 Å². The predicted octanol–water partition coefficient (Wildman–Crippen LogP) is 2.62. The lowest BCUT2D eigenvalue weighted by Crippen LogP contribution is -2.47. The maximum atomic E-state index is 13.1. The maximum Gasteiger partial charge on any atom is 0.244 e. The molecule has 33 heavy (non-hydrogen) atoms. The van der Waals surface area contributed by atoms with Crippen molar-refractivity contribution in [2.24, 2.45) is 5.41 Å². The summed E-state index contributed by atoms with van der Waals surface area (Å²) < 4.78 is 36.0. The van der Waals surface area contributed by atoms with E-state index in [9.17, 15) is 13.2 Å². The number of hydrogen-bond donors (Lipinski definition) is 3. The molecule has 8 nitrogen and oxygen atoms in total. The zero-order chi connectivity index (χ0) is 24.9. The van der Waals surface area contributed by atoms with Crippen LogP contribution < -0.4 is 10.9 Å². The van der Waals surface area contributed by atoms with Crippen molar-refractivity contribution in [3.05, 3.63) is 35.4 Å². The molecule has 1 fully saturated rings. The van der Waals surface area contributed by atoms with Crippen LogP contribution in [0.25, 0.3) is 0 Å². The van der Waals surface area contributed by atoms with Gasteiger partial charge in [0.15, 0.2) is 15.6 Å². The minimum atomic E-state index is -3.32. The van der Waals surface area contributed by atoms with Crippen LogP contribution in [0.4, 0.5) is 0 Å². The number of hydrogen-bond acceptors (Lipinski definition) is 7. The Hall–Kier alpha value is -1.52. The van der Waals surface area contributed by atoms with Gasteiger partial charge in [0.25, 0.3) is 0 Å². The van der Waals surface area contributed by atoms with Gasteiger partial charge in [-0.2, -0.15) is 0 Å². The van der Waals surface area contributed by atoms with Gasteiger partial charge in [-0.15, -0.1) is 0 Å². The van der Waals surface area contributed by atoms with Gasteiger partial charge in [-0.25, -0.2) is 13.8 Å². The first-order valence-electron chi connectivity index (χ1n) is 11.4. The highest BCUT2D eigenvalue weighted by atomic mass is 32.2. The molecular weight excluding hydrogens is 444 g/mol. The second-order valence-corrected chi connectivity index (χ2v) is 12.5. The third-order valence-electron chi connectivity index (χ3n) is 6.19. The van der Waals surface area contributed by atoms with Gasteiger partial charge in [0.05, 0.1) is 30.1 Å². The van der Waals surface area contributed by atoms with E-state index in [1.807, 2.05) is 58.9 Å². The first kappa shape index (κ1) is 27.7. The van der Waals surface area contributed by atoms with Crippen LogP contribution in [0.5, 0.6) is 0 Å². The molecule has 1 amide bonds. The Morgan fingerprint density at radius 2 is 1.94 bits per heavy atom. The average Bonchev–Trinajstić information content (AvgIpc) is 3.06. The lowest BCUT2D eigenvalue weighted by atomic mass is 9.75. The summed E-state index contributed by atoms with van der Waals surface area (Å²) in [5, 5.41) is 9.00. The monoisotopic (exact) mass is 484 g/mol. The molecule has 9 heteroatoms. The largest absolute Gasteiger partial charge is 0.395 e. The fourth-order valence-corrected chi connectivity index (χ4v) is 6.13. The summed E-state index contributed by atoms with van der Waals surface area (Å²) >= 11 is 0. The van der Waals surface area contributed by atoms with Crippen molar-refractivity contribution in [1.29, 1.82) is 0 Å². The molecule has 3 N–H and O–H groups in total. The molecule has 0 aromatic heterocycles. The van der Waals surface area contributed by atoms with E-state index in [0.29, 0.717) is 25.9 Å². The molecule has 1 aliphatic heterocycles. The molecule has 1 heterocycles. The first-order chi connectivity index (χ1) is 15.2. The molecular formula is C24H40N2O6S. The molecule has 0 saturated carbocycles. The van der Waals surface area contributed by atoms with Crippen molar-refractivity contribution >= 4 is 15.7 Å². The molecule has 0 bridgehead atoms. The molecule has 2 atom stereocenters. The third kappa shape index (κ3) is 7.75. The summed E-state index contributed by atoms with van der Waals surface area (Å²) in [5.41, 5.74) is 5.98. The Balaban J connectivity index is 2.20. The van der Waals surface area contributed by atoms with E-state index in [1.54, 1.807) is 7.05 Å². The summed E-state index contributed by atoms with van der Waals surface area (Å²) in [6.07, 6.45) is 1.64. The molecule has 0 spiro atoms. The quantitative estimate of drug-likeness (QED) is 0.391. The Labute approximate surface area is 198 Å². The van der Waals surface area contributed by atoms with E-state index in [1.165, 1.54) is 0 Å². The number of hydrazine groups is 1. The number of rotatable bonds is 12. The molecule has 0 radical (unpaired) electrons. The minimum Gasteiger partial charge on any atom is -0.395 e. The van der Waals surface area contributed by atoms with E-state index >= 15 is 0 Å².